The van der Waals surface area contributed by atoms with E-state index in [1.54, 1.807) is 0 Å². The van der Waals surface area contributed by atoms with E-state index in [2.05, 4.69) is 0 Å². The summed E-state index contributed by atoms with van der Waals surface area (Å²) in [6, 6.07) is 2.44. The number of fused-ring (bicyclic) bond motifs is 1. The first-order chi connectivity index (χ1) is 10.8. The van der Waals surface area contributed by atoms with Gasteiger partial charge in [0.1, 0.15) is 17.7 Å². The maximum Gasteiger partial charge on any atom is 0.203 e. The van der Waals surface area contributed by atoms with E-state index in [1.807, 2.05) is 0 Å². The second-order valence-corrected chi connectivity index (χ2v) is 5.93. The van der Waals surface area contributed by atoms with Crippen molar-refractivity contribution in [2.45, 2.75) is 12.5 Å². The van der Waals surface area contributed by atoms with E-state index >= 15 is 0 Å². The SMILES string of the molecule is NCC1Cc2cc(F)cc(-c3c(Cl)c(O)c(O)c(O)c3Cl)c2O1. The lowest BCUT2D eigenvalue weighted by Gasteiger charge is -2.16. The number of hydrogen-bond donors (Lipinski definition) is 4. The minimum Gasteiger partial charge on any atom is -0.503 e. The zero-order chi connectivity index (χ0) is 16.9. The average Bonchev–Trinajstić information content (AvgIpc) is 2.94. The van der Waals surface area contributed by atoms with Crippen molar-refractivity contribution in [2.24, 2.45) is 5.73 Å². The van der Waals surface area contributed by atoms with E-state index in [4.69, 9.17) is 33.7 Å². The van der Waals surface area contributed by atoms with Crippen LogP contribution in [0.3, 0.4) is 0 Å². The number of aromatic hydroxyl groups is 3. The summed E-state index contributed by atoms with van der Waals surface area (Å²) in [5.74, 6) is -2.59. The van der Waals surface area contributed by atoms with Gasteiger partial charge in [0.25, 0.3) is 0 Å². The van der Waals surface area contributed by atoms with Crippen LogP contribution in [0.4, 0.5) is 4.39 Å². The van der Waals surface area contributed by atoms with Crippen molar-refractivity contribution in [3.05, 3.63) is 33.6 Å². The van der Waals surface area contributed by atoms with E-state index in [0.29, 0.717) is 17.7 Å². The van der Waals surface area contributed by atoms with Crippen LogP contribution in [0.5, 0.6) is 23.0 Å². The number of halogens is 3. The molecule has 0 bridgehead atoms. The molecule has 23 heavy (non-hydrogen) atoms. The molecule has 8 heteroatoms. The van der Waals surface area contributed by atoms with Crippen molar-refractivity contribution in [2.75, 3.05) is 6.54 Å². The standard InChI is InChI=1S/C15H12Cl2FNO4/c16-10-9(11(17)13(21)14(22)12(10)20)8-3-6(18)1-5-2-7(4-19)23-15(5)8/h1,3,7,20-22H,2,4,19H2. The van der Waals surface area contributed by atoms with Crippen LogP contribution in [0.25, 0.3) is 11.1 Å². The lowest BCUT2D eigenvalue weighted by molar-refractivity contribution is 0.242. The van der Waals surface area contributed by atoms with Gasteiger partial charge in [0.15, 0.2) is 11.5 Å². The molecule has 2 aromatic rings. The molecule has 1 heterocycles. The van der Waals surface area contributed by atoms with Gasteiger partial charge in [0, 0.05) is 29.7 Å². The highest BCUT2D eigenvalue weighted by molar-refractivity contribution is 6.41. The second-order valence-electron chi connectivity index (χ2n) is 5.17. The molecule has 0 radical (unpaired) electrons. The Labute approximate surface area is 140 Å². The van der Waals surface area contributed by atoms with Crippen LogP contribution in [0.2, 0.25) is 10.0 Å². The van der Waals surface area contributed by atoms with Crippen molar-refractivity contribution >= 4 is 23.2 Å². The minimum absolute atomic E-state index is 0.0328. The van der Waals surface area contributed by atoms with Crippen molar-refractivity contribution in [1.82, 2.24) is 0 Å². The molecule has 1 aliphatic heterocycles. The summed E-state index contributed by atoms with van der Waals surface area (Å²) in [6.45, 7) is 0.239. The Morgan fingerprint density at radius 2 is 1.74 bits per heavy atom. The Bertz CT molecular complexity index is 784. The van der Waals surface area contributed by atoms with E-state index in [9.17, 15) is 19.7 Å². The fourth-order valence-electron chi connectivity index (χ4n) is 2.60. The number of rotatable bonds is 2. The normalized spacial score (nSPS) is 16.3. The zero-order valence-electron chi connectivity index (χ0n) is 11.6. The van der Waals surface area contributed by atoms with Crippen molar-refractivity contribution < 1.29 is 24.4 Å². The van der Waals surface area contributed by atoms with Gasteiger partial charge in [-0.3, -0.25) is 0 Å². The first kappa shape index (κ1) is 16.0. The van der Waals surface area contributed by atoms with Crippen molar-refractivity contribution in [1.29, 1.82) is 0 Å². The van der Waals surface area contributed by atoms with Crippen LogP contribution in [0.1, 0.15) is 5.56 Å². The molecule has 5 nitrogen and oxygen atoms in total. The third kappa shape index (κ3) is 2.43. The first-order valence-electron chi connectivity index (χ1n) is 6.66. The van der Waals surface area contributed by atoms with Crippen LogP contribution in [-0.4, -0.2) is 28.0 Å². The third-order valence-corrected chi connectivity index (χ3v) is 4.43. The van der Waals surface area contributed by atoms with E-state index < -0.39 is 23.1 Å². The van der Waals surface area contributed by atoms with Crippen LogP contribution >= 0.6 is 23.2 Å². The number of phenols is 3. The summed E-state index contributed by atoms with van der Waals surface area (Å²) in [4.78, 5) is 0. The zero-order valence-corrected chi connectivity index (χ0v) is 13.1. The molecule has 2 aromatic carbocycles. The maximum absolute atomic E-state index is 13.9. The van der Waals surface area contributed by atoms with Gasteiger partial charge < -0.3 is 25.8 Å². The molecule has 0 aromatic heterocycles. The van der Waals surface area contributed by atoms with Gasteiger partial charge in [-0.05, 0) is 12.1 Å². The molecule has 1 atom stereocenters. The molecule has 0 aliphatic carbocycles. The highest BCUT2D eigenvalue weighted by atomic mass is 35.5. The summed E-state index contributed by atoms with van der Waals surface area (Å²) < 4.78 is 19.6. The molecule has 0 fully saturated rings. The Hall–Kier alpha value is -1.89. The van der Waals surface area contributed by atoms with Gasteiger partial charge in [0.2, 0.25) is 5.75 Å². The molecule has 0 saturated carbocycles. The number of phenolic OH excluding ortho intramolecular Hbond substituents is 3. The molecule has 122 valence electrons. The van der Waals surface area contributed by atoms with Gasteiger partial charge in [-0.25, -0.2) is 4.39 Å². The number of nitrogens with two attached hydrogens (primary N) is 1. The molecule has 5 N–H and O–H groups in total. The molecule has 1 aliphatic rings. The monoisotopic (exact) mass is 359 g/mol. The van der Waals surface area contributed by atoms with Gasteiger partial charge in [-0.15, -0.1) is 0 Å². The Balaban J connectivity index is 2.30. The van der Waals surface area contributed by atoms with Crippen LogP contribution < -0.4 is 10.5 Å². The summed E-state index contributed by atoms with van der Waals surface area (Å²) >= 11 is 12.1. The smallest absolute Gasteiger partial charge is 0.203 e. The lowest BCUT2D eigenvalue weighted by atomic mass is 9.99. The Kier molecular flexibility index (Phi) is 3.91. The molecule has 0 saturated heterocycles. The molecule has 1 unspecified atom stereocenters. The Morgan fingerprint density at radius 3 is 2.30 bits per heavy atom. The molecular weight excluding hydrogens is 348 g/mol. The fraction of sp³-hybridized carbons (Fsp3) is 0.200. The summed E-state index contributed by atoms with van der Waals surface area (Å²) in [5.41, 5.74) is 6.29. The quantitative estimate of drug-likeness (QED) is 0.617. The molecule has 0 amide bonds. The fourth-order valence-corrected chi connectivity index (χ4v) is 3.22. The highest BCUT2D eigenvalue weighted by Gasteiger charge is 2.30. The van der Waals surface area contributed by atoms with Gasteiger partial charge >= 0.3 is 0 Å². The third-order valence-electron chi connectivity index (χ3n) is 3.70. The van der Waals surface area contributed by atoms with Gasteiger partial charge in [-0.1, -0.05) is 23.2 Å². The van der Waals surface area contributed by atoms with Crippen LogP contribution in [0, 0.1) is 5.82 Å². The first-order valence-corrected chi connectivity index (χ1v) is 7.42. The maximum atomic E-state index is 13.9. The summed E-state index contributed by atoms with van der Waals surface area (Å²) in [7, 11) is 0. The predicted molar refractivity (Wildman–Crippen MR) is 84.0 cm³/mol. The van der Waals surface area contributed by atoms with Gasteiger partial charge in [-0.2, -0.15) is 0 Å². The summed E-state index contributed by atoms with van der Waals surface area (Å²) in [6.07, 6.45) is 0.101. The number of benzene rings is 2. The largest absolute Gasteiger partial charge is 0.503 e. The molecule has 0 spiro atoms. The van der Waals surface area contributed by atoms with Crippen molar-refractivity contribution in [3.63, 3.8) is 0 Å². The van der Waals surface area contributed by atoms with E-state index in [-0.39, 0.29) is 33.8 Å². The van der Waals surface area contributed by atoms with Crippen molar-refractivity contribution in [3.8, 4) is 34.1 Å². The molecular formula is C15H12Cl2FNO4. The summed E-state index contributed by atoms with van der Waals surface area (Å²) in [5, 5.41) is 28.6. The predicted octanol–water partition coefficient (Wildman–Crippen LogP) is 3.18. The highest BCUT2D eigenvalue weighted by Crippen LogP contribution is 2.54. The van der Waals surface area contributed by atoms with Crippen LogP contribution in [0.15, 0.2) is 12.1 Å². The minimum atomic E-state index is -0.849. The topological polar surface area (TPSA) is 95.9 Å². The number of ether oxygens (including phenoxy) is 1. The second kappa shape index (κ2) is 5.63. The molecule has 3 rings (SSSR count). The van der Waals surface area contributed by atoms with E-state index in [0.717, 1.165) is 6.07 Å². The Morgan fingerprint density at radius 1 is 1.13 bits per heavy atom. The van der Waals surface area contributed by atoms with E-state index in [1.165, 1.54) is 6.07 Å². The lowest BCUT2D eigenvalue weighted by Crippen LogP contribution is -2.24. The average molecular weight is 360 g/mol. The van der Waals surface area contributed by atoms with Gasteiger partial charge in [0.05, 0.1) is 10.0 Å². The number of hydrogen-bond acceptors (Lipinski definition) is 5. The van der Waals surface area contributed by atoms with Crippen LogP contribution in [-0.2, 0) is 6.42 Å².